The van der Waals surface area contributed by atoms with E-state index in [9.17, 15) is 9.59 Å². The molecule has 1 heterocycles. The Kier molecular flexibility index (Phi) is 3.80. The molecule has 108 valence electrons. The van der Waals surface area contributed by atoms with E-state index in [4.69, 9.17) is 18.9 Å². The monoisotopic (exact) mass is 282 g/mol. The van der Waals surface area contributed by atoms with Gasteiger partial charge in [0.1, 0.15) is 0 Å². The van der Waals surface area contributed by atoms with Gasteiger partial charge in [0.2, 0.25) is 5.75 Å². The van der Waals surface area contributed by atoms with Crippen LogP contribution in [0.4, 0.5) is 0 Å². The Hall–Kier alpha value is -2.28. The molecule has 0 aliphatic carbocycles. The first-order chi connectivity index (χ1) is 9.58. The lowest BCUT2D eigenvalue weighted by molar-refractivity contribution is -0.151. The van der Waals surface area contributed by atoms with Crippen molar-refractivity contribution in [3.05, 3.63) is 17.2 Å². The van der Waals surface area contributed by atoms with Gasteiger partial charge in [-0.2, -0.15) is 0 Å². The van der Waals surface area contributed by atoms with Crippen LogP contribution in [0.15, 0.2) is 6.07 Å². The van der Waals surface area contributed by atoms with Crippen LogP contribution in [0.25, 0.3) is 0 Å². The Labute approximate surface area is 115 Å². The first-order valence-electron chi connectivity index (χ1n) is 5.70. The van der Waals surface area contributed by atoms with Gasteiger partial charge >= 0.3 is 11.9 Å². The summed E-state index contributed by atoms with van der Waals surface area (Å²) < 4.78 is 25.4. The van der Waals surface area contributed by atoms with Crippen LogP contribution >= 0.6 is 0 Å². The van der Waals surface area contributed by atoms with Crippen molar-refractivity contribution < 1.29 is 33.3 Å². The van der Waals surface area contributed by atoms with Gasteiger partial charge < -0.3 is 23.7 Å². The zero-order chi connectivity index (χ0) is 14.9. The van der Waals surface area contributed by atoms with Gasteiger partial charge in [-0.25, -0.2) is 9.59 Å². The van der Waals surface area contributed by atoms with Crippen molar-refractivity contribution in [2.45, 2.75) is 6.10 Å². The third kappa shape index (κ3) is 1.96. The highest BCUT2D eigenvalue weighted by Crippen LogP contribution is 2.47. The molecule has 1 aliphatic rings. The third-order valence-electron chi connectivity index (χ3n) is 2.99. The van der Waals surface area contributed by atoms with Crippen LogP contribution in [0, 0.1) is 0 Å². The highest BCUT2D eigenvalue weighted by atomic mass is 16.6. The predicted molar refractivity (Wildman–Crippen MR) is 66.3 cm³/mol. The largest absolute Gasteiger partial charge is 0.493 e. The van der Waals surface area contributed by atoms with Gasteiger partial charge in [0, 0.05) is 7.11 Å². The standard InChI is InChI=1S/C13H14O7/c1-16-7-5-6-8(10(18-3)9(7)17-2)11(19-4)13(15)20-12(6)14/h5,11H,1-4H3. The second kappa shape index (κ2) is 5.38. The maximum absolute atomic E-state index is 11.8. The molecule has 0 bridgehead atoms. The van der Waals surface area contributed by atoms with Crippen LogP contribution < -0.4 is 14.2 Å². The quantitative estimate of drug-likeness (QED) is 0.604. The molecular formula is C13H14O7. The Morgan fingerprint density at radius 1 is 1.00 bits per heavy atom. The number of ether oxygens (including phenoxy) is 5. The van der Waals surface area contributed by atoms with Gasteiger partial charge in [-0.05, 0) is 6.07 Å². The van der Waals surface area contributed by atoms with Gasteiger partial charge in [0.05, 0.1) is 32.5 Å². The number of carbonyl (C=O) groups is 2. The molecular weight excluding hydrogens is 268 g/mol. The van der Waals surface area contributed by atoms with E-state index in [0.29, 0.717) is 5.75 Å². The molecule has 0 amide bonds. The van der Waals surface area contributed by atoms with E-state index in [1.807, 2.05) is 0 Å². The van der Waals surface area contributed by atoms with E-state index in [2.05, 4.69) is 4.74 Å². The lowest BCUT2D eigenvalue weighted by atomic mass is 9.97. The fraction of sp³-hybridized carbons (Fsp3) is 0.385. The van der Waals surface area contributed by atoms with E-state index >= 15 is 0 Å². The molecule has 7 nitrogen and oxygen atoms in total. The predicted octanol–water partition coefficient (Wildman–Crippen LogP) is 1.10. The van der Waals surface area contributed by atoms with Crippen LogP contribution in [0.2, 0.25) is 0 Å². The summed E-state index contributed by atoms with van der Waals surface area (Å²) in [7, 11) is 5.59. The molecule has 1 aliphatic heterocycles. The summed E-state index contributed by atoms with van der Waals surface area (Å²) in [6.45, 7) is 0. The summed E-state index contributed by atoms with van der Waals surface area (Å²) in [4.78, 5) is 23.6. The number of hydrogen-bond acceptors (Lipinski definition) is 7. The smallest absolute Gasteiger partial charge is 0.347 e. The van der Waals surface area contributed by atoms with Crippen LogP contribution in [0.5, 0.6) is 17.2 Å². The number of rotatable bonds is 4. The highest BCUT2D eigenvalue weighted by molar-refractivity contribution is 6.05. The average molecular weight is 282 g/mol. The fourth-order valence-corrected chi connectivity index (χ4v) is 2.14. The van der Waals surface area contributed by atoms with Gasteiger partial charge in [-0.15, -0.1) is 0 Å². The second-order valence-electron chi connectivity index (χ2n) is 3.93. The first kappa shape index (κ1) is 14.1. The molecule has 0 aromatic heterocycles. The van der Waals surface area contributed by atoms with Gasteiger partial charge in [0.25, 0.3) is 0 Å². The minimum atomic E-state index is -1.06. The van der Waals surface area contributed by atoms with Crippen LogP contribution in [-0.2, 0) is 14.3 Å². The number of methoxy groups -OCH3 is 4. The van der Waals surface area contributed by atoms with Crippen LogP contribution in [0.3, 0.4) is 0 Å². The minimum absolute atomic E-state index is 0.144. The number of hydrogen-bond donors (Lipinski definition) is 0. The molecule has 1 unspecified atom stereocenters. The number of carbonyl (C=O) groups excluding carboxylic acids is 2. The van der Waals surface area contributed by atoms with E-state index < -0.39 is 18.0 Å². The van der Waals surface area contributed by atoms with Crippen molar-refractivity contribution in [2.24, 2.45) is 0 Å². The molecule has 0 radical (unpaired) electrons. The molecule has 0 spiro atoms. The molecule has 20 heavy (non-hydrogen) atoms. The molecule has 1 atom stereocenters. The van der Waals surface area contributed by atoms with Crippen molar-refractivity contribution in [3.8, 4) is 17.2 Å². The van der Waals surface area contributed by atoms with E-state index in [0.717, 1.165) is 0 Å². The maximum Gasteiger partial charge on any atom is 0.347 e. The molecule has 2 rings (SSSR count). The first-order valence-corrected chi connectivity index (χ1v) is 5.70. The maximum atomic E-state index is 11.8. The Morgan fingerprint density at radius 2 is 1.65 bits per heavy atom. The highest BCUT2D eigenvalue weighted by Gasteiger charge is 2.40. The van der Waals surface area contributed by atoms with E-state index in [1.54, 1.807) is 0 Å². The van der Waals surface area contributed by atoms with E-state index in [-0.39, 0.29) is 22.6 Å². The van der Waals surface area contributed by atoms with E-state index in [1.165, 1.54) is 34.5 Å². The topological polar surface area (TPSA) is 80.3 Å². The normalized spacial score (nSPS) is 17.3. The molecule has 0 fully saturated rings. The summed E-state index contributed by atoms with van der Waals surface area (Å²) >= 11 is 0. The van der Waals surface area contributed by atoms with Gasteiger partial charge in [-0.3, -0.25) is 0 Å². The Morgan fingerprint density at radius 3 is 2.15 bits per heavy atom. The van der Waals surface area contributed by atoms with Gasteiger partial charge in [-0.1, -0.05) is 0 Å². The molecule has 0 saturated heterocycles. The molecule has 7 heteroatoms. The Bertz CT molecular complexity index is 564. The number of fused-ring (bicyclic) bond motifs is 1. The van der Waals surface area contributed by atoms with Crippen molar-refractivity contribution in [1.82, 2.24) is 0 Å². The molecule has 0 N–H and O–H groups in total. The van der Waals surface area contributed by atoms with Crippen molar-refractivity contribution in [2.75, 3.05) is 28.4 Å². The zero-order valence-corrected chi connectivity index (χ0v) is 11.5. The van der Waals surface area contributed by atoms with Crippen LogP contribution in [-0.4, -0.2) is 40.4 Å². The third-order valence-corrected chi connectivity index (χ3v) is 2.99. The molecule has 0 saturated carbocycles. The SMILES string of the molecule is COc1cc2c(c(OC)c1OC)C(OC)C(=O)OC2=O. The van der Waals surface area contributed by atoms with Crippen LogP contribution in [0.1, 0.15) is 22.0 Å². The van der Waals surface area contributed by atoms with Crippen molar-refractivity contribution in [1.29, 1.82) is 0 Å². The second-order valence-corrected chi connectivity index (χ2v) is 3.93. The lowest BCUT2D eigenvalue weighted by Gasteiger charge is -2.25. The number of esters is 2. The van der Waals surface area contributed by atoms with Crippen molar-refractivity contribution in [3.63, 3.8) is 0 Å². The summed E-state index contributed by atoms with van der Waals surface area (Å²) in [5, 5.41) is 0. The number of cyclic esters (lactones) is 2. The minimum Gasteiger partial charge on any atom is -0.493 e. The summed E-state index contributed by atoms with van der Waals surface area (Å²) in [5.74, 6) is -0.797. The van der Waals surface area contributed by atoms with Gasteiger partial charge in [0.15, 0.2) is 17.6 Å². The van der Waals surface area contributed by atoms with Crippen molar-refractivity contribution >= 4 is 11.9 Å². The summed E-state index contributed by atoms with van der Waals surface area (Å²) in [6.07, 6.45) is -1.06. The zero-order valence-electron chi connectivity index (χ0n) is 11.5. The number of benzene rings is 1. The lowest BCUT2D eigenvalue weighted by Crippen LogP contribution is -2.29. The molecule has 1 aromatic carbocycles. The average Bonchev–Trinajstić information content (AvgIpc) is 2.45. The summed E-state index contributed by atoms with van der Waals surface area (Å²) in [5.41, 5.74) is 0.417. The fourth-order valence-electron chi connectivity index (χ4n) is 2.14. The summed E-state index contributed by atoms with van der Waals surface area (Å²) in [6, 6.07) is 1.43. The Balaban J connectivity index is 2.79. The molecule has 1 aromatic rings.